The summed E-state index contributed by atoms with van der Waals surface area (Å²) in [7, 11) is 0. The molecule has 0 N–H and O–H groups in total. The number of terminal acetylenes is 8. The number of nitrogens with zero attached hydrogens (tertiary/aromatic N) is 5. The van der Waals surface area contributed by atoms with Crippen LogP contribution in [0.5, 0.6) is 0 Å². The highest BCUT2D eigenvalue weighted by atomic mass is 15.2. The summed E-state index contributed by atoms with van der Waals surface area (Å²) in [6.07, 6.45) is 49.9. The fraction of sp³-hybridized carbons (Fsp3) is 0. The van der Waals surface area contributed by atoms with Crippen molar-refractivity contribution in [2.45, 2.75) is 0 Å². The van der Waals surface area contributed by atoms with Crippen LogP contribution in [0.4, 0.5) is 0 Å². The molecule has 0 saturated carbocycles. The number of hydrogen-bond donors (Lipinski definition) is 0. The number of benzene rings is 14. The lowest BCUT2D eigenvalue weighted by molar-refractivity contribution is 0.953. The third-order valence-electron chi connectivity index (χ3n) is 20.3. The van der Waals surface area contributed by atoms with Crippen LogP contribution in [-0.4, -0.2) is 24.1 Å². The van der Waals surface area contributed by atoms with E-state index in [1.165, 1.54) is 0 Å². The number of rotatable bonds is 12. The first kappa shape index (κ1) is 65.5. The van der Waals surface area contributed by atoms with Gasteiger partial charge in [0.1, 0.15) is 0 Å². The van der Waals surface area contributed by atoms with Crippen LogP contribution in [0.15, 0.2) is 297 Å². The summed E-state index contributed by atoms with van der Waals surface area (Å²) in [5.41, 5.74) is 25.6. The Kier molecular flexibility index (Phi) is 16.7. The van der Waals surface area contributed by atoms with Gasteiger partial charge in [-0.1, -0.05) is 272 Å². The van der Waals surface area contributed by atoms with Crippen molar-refractivity contribution < 1.29 is 0 Å². The van der Waals surface area contributed by atoms with Crippen LogP contribution in [0.1, 0.15) is 44.5 Å². The minimum Gasteiger partial charge on any atom is -0.307 e. The number of fused-ring (bicyclic) bond motifs is 7. The van der Waals surface area contributed by atoms with E-state index in [0.717, 1.165) is 149 Å². The van der Waals surface area contributed by atoms with Gasteiger partial charge in [-0.2, -0.15) is 9.97 Å². The maximum Gasteiger partial charge on any atom is 0.238 e. The minimum atomic E-state index is 0.442. The predicted octanol–water partition coefficient (Wildman–Crippen LogP) is 22.6. The highest BCUT2D eigenvalue weighted by molar-refractivity contribution is 6.24. The lowest BCUT2D eigenvalue weighted by atomic mass is 9.83. The van der Waals surface area contributed by atoms with Crippen LogP contribution >= 0.6 is 0 Å². The first-order chi connectivity index (χ1) is 53.2. The molecule has 0 bridgehead atoms. The molecule has 5 nitrogen and oxygen atoms in total. The van der Waals surface area contributed by atoms with Crippen molar-refractivity contribution >= 4 is 43.6 Å². The molecule has 3 aromatic heterocycles. The molecule has 0 fully saturated rings. The average molecular weight is 1360 g/mol. The van der Waals surface area contributed by atoms with Gasteiger partial charge < -0.3 is 4.57 Å². The second kappa shape index (κ2) is 27.5. The van der Waals surface area contributed by atoms with E-state index in [0.29, 0.717) is 62.1 Å². The summed E-state index contributed by atoms with van der Waals surface area (Å²) in [6.45, 7) is 0. The maximum atomic E-state index is 6.35. The summed E-state index contributed by atoms with van der Waals surface area (Å²) in [6, 6.07) is 101. The largest absolute Gasteiger partial charge is 0.307 e. The Bertz CT molecular complexity index is 6760. The summed E-state index contributed by atoms with van der Waals surface area (Å²) < 4.78 is 4.60. The van der Waals surface area contributed by atoms with Crippen molar-refractivity contribution in [1.29, 1.82) is 0 Å². The Labute approximate surface area is 627 Å². The number of hydrogen-bond acceptors (Lipinski definition) is 3. The third kappa shape index (κ3) is 11.0. The van der Waals surface area contributed by atoms with Crippen LogP contribution < -0.4 is 0 Å². The van der Waals surface area contributed by atoms with Gasteiger partial charge in [0, 0.05) is 82.9 Å². The quantitative estimate of drug-likeness (QED) is 0.115. The van der Waals surface area contributed by atoms with Gasteiger partial charge in [0.15, 0.2) is 11.6 Å². The van der Waals surface area contributed by atoms with Gasteiger partial charge in [0.25, 0.3) is 0 Å². The maximum absolute atomic E-state index is 6.35. The van der Waals surface area contributed by atoms with Crippen molar-refractivity contribution in [2.75, 3.05) is 0 Å². The van der Waals surface area contributed by atoms with E-state index in [2.05, 4.69) is 202 Å². The van der Waals surface area contributed by atoms with Gasteiger partial charge in [0.2, 0.25) is 5.95 Å². The molecule has 17 rings (SSSR count). The molecule has 0 saturated heterocycles. The molecule has 108 heavy (non-hydrogen) atoms. The van der Waals surface area contributed by atoms with Crippen LogP contribution in [0, 0.1) is 98.8 Å². The average Bonchev–Trinajstić information content (AvgIpc) is 1.54. The molecule has 17 aromatic rings. The standard InChI is InChI=1S/C103H57N5/c1-9-66-38-28-48-83(79(66)13-5)87-52-32-53-88(84-49-29-39-67(10-2)80(84)14-6)97(87)76-44-26-42-72(62-76)74-56-60-95-93(64-74)91-58-59-92-94-65-75(73-43-27-45-77(63-73)98-89(85-50-30-40-68(11-3)81(85)15-7)54-33-55-90(98)86-51-31-41-69(12-4)82(86)16-8)57-61-96(94)108(100(92)99(91)107(95)78-46-24-19-25-47-78)103-105-101(70-34-20-17-21-35-70)104-102(106-103)71-36-22-18-23-37-71/h1-8,17-65H. The van der Waals surface area contributed by atoms with Crippen LogP contribution in [0.25, 0.3) is 167 Å². The fourth-order valence-electron chi connectivity index (χ4n) is 15.5. The smallest absolute Gasteiger partial charge is 0.238 e. The van der Waals surface area contributed by atoms with E-state index in [9.17, 15) is 0 Å². The molecule has 0 radical (unpaired) electrons. The summed E-state index contributed by atoms with van der Waals surface area (Å²) >= 11 is 0. The third-order valence-corrected chi connectivity index (χ3v) is 20.3. The second-order valence-electron chi connectivity index (χ2n) is 26.0. The first-order valence-electron chi connectivity index (χ1n) is 35.0. The molecule has 3 heterocycles. The second-order valence-corrected chi connectivity index (χ2v) is 26.0. The monoisotopic (exact) mass is 1360 g/mol. The molecule has 0 aliphatic heterocycles. The SMILES string of the molecule is C#Cc1cccc(-c2cccc(-c3cccc(C#C)c3C#C)c2-c2cccc(-c3ccc4c(c3)c3ccc5c6cc(-c7cccc(-c8c(-c9cccc(C#C)c9C#C)cccc8-c8cccc(C#C)c8C#C)c7)ccc6n(-c6nc(-c7ccccc7)nc(-c7ccccc7)n6)c5c3n4-c3ccccc3)c2)c1C#C. The van der Waals surface area contributed by atoms with E-state index in [1.54, 1.807) is 0 Å². The first-order valence-corrected chi connectivity index (χ1v) is 35.0. The minimum absolute atomic E-state index is 0.442. The van der Waals surface area contributed by atoms with E-state index in [1.807, 2.05) is 152 Å². The molecule has 494 valence electrons. The zero-order valence-corrected chi connectivity index (χ0v) is 58.1. The van der Waals surface area contributed by atoms with Crippen LogP contribution in [-0.2, 0) is 0 Å². The zero-order valence-electron chi connectivity index (χ0n) is 58.1. The predicted molar refractivity (Wildman–Crippen MR) is 446 cm³/mol. The molecule has 5 heteroatoms. The van der Waals surface area contributed by atoms with Gasteiger partial charge in [-0.25, -0.2) is 4.98 Å². The Morgan fingerprint density at radius 2 is 0.528 bits per heavy atom. The van der Waals surface area contributed by atoms with E-state index in [4.69, 9.17) is 66.3 Å². The Hall–Kier alpha value is -15.8. The Morgan fingerprint density at radius 3 is 0.898 bits per heavy atom. The molecule has 0 amide bonds. The fourth-order valence-corrected chi connectivity index (χ4v) is 15.5. The lowest BCUT2D eigenvalue weighted by Gasteiger charge is -2.19. The number of para-hydroxylation sites is 1. The van der Waals surface area contributed by atoms with Crippen molar-refractivity contribution in [1.82, 2.24) is 24.1 Å². The molecule has 0 aliphatic carbocycles. The summed E-state index contributed by atoms with van der Waals surface area (Å²) in [5, 5.41) is 3.97. The van der Waals surface area contributed by atoms with Gasteiger partial charge in [0.05, 0.1) is 22.1 Å². The zero-order chi connectivity index (χ0) is 73.5. The normalized spacial score (nSPS) is 10.9. The van der Waals surface area contributed by atoms with Gasteiger partial charge >= 0.3 is 0 Å². The van der Waals surface area contributed by atoms with Gasteiger partial charge in [-0.3, -0.25) is 4.57 Å². The van der Waals surface area contributed by atoms with Gasteiger partial charge in [-0.15, -0.1) is 51.4 Å². The van der Waals surface area contributed by atoms with Crippen molar-refractivity contribution in [2.24, 2.45) is 0 Å². The lowest BCUT2D eigenvalue weighted by Crippen LogP contribution is -2.07. The molecular weight excluding hydrogens is 1310 g/mol. The molecule has 0 aliphatic rings. The molecule has 0 spiro atoms. The highest BCUT2D eigenvalue weighted by Crippen LogP contribution is 2.49. The highest BCUT2D eigenvalue weighted by Gasteiger charge is 2.27. The van der Waals surface area contributed by atoms with E-state index in [-0.39, 0.29) is 0 Å². The molecule has 0 atom stereocenters. The van der Waals surface area contributed by atoms with Crippen LogP contribution in [0.3, 0.4) is 0 Å². The van der Waals surface area contributed by atoms with Gasteiger partial charge in [-0.05, 0) is 162 Å². The molecular formula is C103H57N5. The Morgan fingerprint density at radius 1 is 0.222 bits per heavy atom. The molecule has 14 aromatic carbocycles. The van der Waals surface area contributed by atoms with Crippen molar-refractivity contribution in [3.63, 3.8) is 0 Å². The van der Waals surface area contributed by atoms with Crippen molar-refractivity contribution in [3.05, 3.63) is 342 Å². The van der Waals surface area contributed by atoms with E-state index < -0.39 is 0 Å². The topological polar surface area (TPSA) is 48.5 Å². The summed E-state index contributed by atoms with van der Waals surface area (Å²) in [5.74, 6) is 24.5. The van der Waals surface area contributed by atoms with E-state index >= 15 is 0 Å². The number of aromatic nitrogens is 5. The van der Waals surface area contributed by atoms with Crippen LogP contribution in [0.2, 0.25) is 0 Å². The van der Waals surface area contributed by atoms with Crippen molar-refractivity contribution in [3.8, 4) is 222 Å². The Balaban J connectivity index is 0.916. The summed E-state index contributed by atoms with van der Waals surface area (Å²) in [4.78, 5) is 16.2. The molecule has 0 unspecified atom stereocenters.